The summed E-state index contributed by atoms with van der Waals surface area (Å²) in [5, 5.41) is 0. The predicted molar refractivity (Wildman–Crippen MR) is 52.7 cm³/mol. The number of allylic oxidation sites excluding steroid dienone is 4. The van der Waals surface area contributed by atoms with E-state index in [-0.39, 0.29) is 0 Å². The Kier molecular flexibility index (Phi) is 1.36. The van der Waals surface area contributed by atoms with Gasteiger partial charge in [-0.1, -0.05) is 24.3 Å². The molecule has 2 unspecified atom stereocenters. The fourth-order valence-electron chi connectivity index (χ4n) is 2.19. The minimum Gasteiger partial charge on any atom is -0.351 e. The molecule has 1 saturated heterocycles. The highest BCUT2D eigenvalue weighted by Crippen LogP contribution is 2.27. The van der Waals surface area contributed by atoms with Gasteiger partial charge in [-0.15, -0.1) is 0 Å². The third-order valence-electron chi connectivity index (χ3n) is 2.84. The molecule has 0 aromatic heterocycles. The van der Waals surface area contributed by atoms with E-state index in [1.807, 2.05) is 0 Å². The Balaban J connectivity index is 1.95. The Hall–Kier alpha value is -1.44. The minimum absolute atomic E-state index is 0.534. The zero-order valence-corrected chi connectivity index (χ0v) is 7.38. The van der Waals surface area contributed by atoms with E-state index < -0.39 is 0 Å². The van der Waals surface area contributed by atoms with Gasteiger partial charge in [0.2, 0.25) is 0 Å². The molecule has 0 radical (unpaired) electrons. The van der Waals surface area contributed by atoms with Crippen molar-refractivity contribution in [1.82, 2.24) is 9.80 Å². The number of nitrogens with zero attached hydrogens (tertiary/aromatic N) is 2. The van der Waals surface area contributed by atoms with Crippen molar-refractivity contribution >= 4 is 0 Å². The van der Waals surface area contributed by atoms with Gasteiger partial charge in [0.1, 0.15) is 0 Å². The molecule has 0 N–H and O–H groups in total. The molecule has 0 aromatic rings. The van der Waals surface area contributed by atoms with Crippen molar-refractivity contribution in [3.8, 4) is 0 Å². The average Bonchev–Trinajstić information content (AvgIpc) is 2.56. The third kappa shape index (κ3) is 0.949. The van der Waals surface area contributed by atoms with Crippen LogP contribution in [0.5, 0.6) is 0 Å². The van der Waals surface area contributed by atoms with Crippen LogP contribution in [0.4, 0.5) is 0 Å². The molecular weight excluding hydrogens is 160 g/mol. The Morgan fingerprint density at radius 2 is 1.31 bits per heavy atom. The quantitative estimate of drug-likeness (QED) is 0.546. The van der Waals surface area contributed by atoms with Crippen LogP contribution in [0.15, 0.2) is 48.9 Å². The lowest BCUT2D eigenvalue weighted by atomic mass is 10.0. The lowest BCUT2D eigenvalue weighted by Gasteiger charge is -2.24. The van der Waals surface area contributed by atoms with E-state index in [1.165, 1.54) is 0 Å². The summed E-state index contributed by atoms with van der Waals surface area (Å²) >= 11 is 0. The van der Waals surface area contributed by atoms with E-state index >= 15 is 0 Å². The maximum atomic E-state index is 2.37. The van der Waals surface area contributed by atoms with Crippen molar-refractivity contribution in [3.05, 3.63) is 48.9 Å². The highest BCUT2D eigenvalue weighted by molar-refractivity contribution is 5.26. The summed E-state index contributed by atoms with van der Waals surface area (Å²) < 4.78 is 0. The topological polar surface area (TPSA) is 6.48 Å². The first-order valence-electron chi connectivity index (χ1n) is 4.67. The van der Waals surface area contributed by atoms with Crippen molar-refractivity contribution in [3.63, 3.8) is 0 Å². The molecule has 0 amide bonds. The van der Waals surface area contributed by atoms with E-state index in [9.17, 15) is 0 Å². The van der Waals surface area contributed by atoms with Gasteiger partial charge >= 0.3 is 0 Å². The van der Waals surface area contributed by atoms with Crippen LogP contribution < -0.4 is 0 Å². The molecule has 0 bridgehead atoms. The molecule has 2 atom stereocenters. The van der Waals surface area contributed by atoms with Crippen molar-refractivity contribution in [2.24, 2.45) is 0 Å². The molecule has 0 spiro atoms. The largest absolute Gasteiger partial charge is 0.351 e. The van der Waals surface area contributed by atoms with Crippen LogP contribution >= 0.6 is 0 Å². The Labute approximate surface area is 78.1 Å². The predicted octanol–water partition coefficient (Wildman–Crippen LogP) is 1.47. The molecule has 0 aliphatic carbocycles. The van der Waals surface area contributed by atoms with E-state index in [2.05, 4.69) is 58.7 Å². The van der Waals surface area contributed by atoms with Crippen LogP contribution in [-0.2, 0) is 0 Å². The van der Waals surface area contributed by atoms with Crippen LogP contribution in [0.2, 0.25) is 0 Å². The number of fused-ring (bicyclic) bond motifs is 3. The molecule has 13 heavy (non-hydrogen) atoms. The Morgan fingerprint density at radius 1 is 0.769 bits per heavy atom. The van der Waals surface area contributed by atoms with Crippen molar-refractivity contribution in [2.75, 3.05) is 6.67 Å². The van der Waals surface area contributed by atoms with Crippen LogP contribution in [0.1, 0.15) is 0 Å². The molecule has 1 fully saturated rings. The average molecular weight is 172 g/mol. The van der Waals surface area contributed by atoms with Gasteiger partial charge in [-0.25, -0.2) is 0 Å². The molecule has 0 saturated carbocycles. The van der Waals surface area contributed by atoms with Crippen LogP contribution in [0.25, 0.3) is 0 Å². The molecule has 0 aromatic carbocycles. The fourth-order valence-corrected chi connectivity index (χ4v) is 2.19. The zero-order valence-electron chi connectivity index (χ0n) is 7.38. The number of rotatable bonds is 0. The second kappa shape index (κ2) is 2.52. The SMILES string of the molecule is C1=CC2C3C=CC=CN3CN2C=C1. The van der Waals surface area contributed by atoms with Gasteiger partial charge in [0.15, 0.2) is 0 Å². The van der Waals surface area contributed by atoms with Crippen LogP contribution in [0, 0.1) is 0 Å². The van der Waals surface area contributed by atoms with Crippen molar-refractivity contribution in [1.29, 1.82) is 0 Å². The standard InChI is InChI=1S/C11H12N2/c1-3-7-12-9-13-8-4-2-6-11(13)10(12)5-1/h1-8,10-11H,9H2. The molecule has 2 nitrogen and oxygen atoms in total. The van der Waals surface area contributed by atoms with Gasteiger partial charge in [0.05, 0.1) is 18.8 Å². The molecule has 3 aliphatic rings. The molecule has 3 rings (SSSR count). The molecular formula is C11H12N2. The second-order valence-electron chi connectivity index (χ2n) is 3.60. The zero-order chi connectivity index (χ0) is 8.67. The van der Waals surface area contributed by atoms with Gasteiger partial charge in [-0.2, -0.15) is 0 Å². The summed E-state index contributed by atoms with van der Waals surface area (Å²) in [7, 11) is 0. The summed E-state index contributed by atoms with van der Waals surface area (Å²) in [5.41, 5.74) is 0. The van der Waals surface area contributed by atoms with Gasteiger partial charge in [0, 0.05) is 12.4 Å². The normalized spacial score (nSPS) is 33.8. The van der Waals surface area contributed by atoms with Gasteiger partial charge < -0.3 is 9.80 Å². The van der Waals surface area contributed by atoms with Crippen molar-refractivity contribution < 1.29 is 0 Å². The third-order valence-corrected chi connectivity index (χ3v) is 2.84. The van der Waals surface area contributed by atoms with Crippen molar-refractivity contribution in [2.45, 2.75) is 12.1 Å². The second-order valence-corrected chi connectivity index (χ2v) is 3.60. The van der Waals surface area contributed by atoms with Gasteiger partial charge in [-0.05, 0) is 12.2 Å². The first-order valence-corrected chi connectivity index (χ1v) is 4.67. The monoisotopic (exact) mass is 172 g/mol. The highest BCUT2D eigenvalue weighted by atomic mass is 15.4. The maximum Gasteiger partial charge on any atom is 0.0905 e. The van der Waals surface area contributed by atoms with E-state index in [0.29, 0.717) is 12.1 Å². The Bertz CT molecular complexity index is 293. The first-order chi connectivity index (χ1) is 6.45. The fraction of sp³-hybridized carbons (Fsp3) is 0.273. The molecule has 66 valence electrons. The lowest BCUT2D eigenvalue weighted by Crippen LogP contribution is -2.32. The van der Waals surface area contributed by atoms with E-state index in [1.54, 1.807) is 0 Å². The Morgan fingerprint density at radius 3 is 1.85 bits per heavy atom. The highest BCUT2D eigenvalue weighted by Gasteiger charge is 2.34. The van der Waals surface area contributed by atoms with Crippen LogP contribution in [-0.4, -0.2) is 28.6 Å². The summed E-state index contributed by atoms with van der Waals surface area (Å²) in [5.74, 6) is 0. The van der Waals surface area contributed by atoms with Gasteiger partial charge in [0.25, 0.3) is 0 Å². The summed E-state index contributed by atoms with van der Waals surface area (Å²) in [6, 6.07) is 1.07. The smallest absolute Gasteiger partial charge is 0.0905 e. The summed E-state index contributed by atoms with van der Waals surface area (Å²) in [6.07, 6.45) is 17.4. The molecule has 3 aliphatic heterocycles. The number of hydrogen-bond acceptors (Lipinski definition) is 2. The molecule has 2 heteroatoms. The van der Waals surface area contributed by atoms with Crippen LogP contribution in [0.3, 0.4) is 0 Å². The molecule has 3 heterocycles. The lowest BCUT2D eigenvalue weighted by molar-refractivity contribution is 0.344. The summed E-state index contributed by atoms with van der Waals surface area (Å²) in [4.78, 5) is 4.73. The van der Waals surface area contributed by atoms with Gasteiger partial charge in [-0.3, -0.25) is 0 Å². The maximum absolute atomic E-state index is 2.37. The minimum atomic E-state index is 0.534. The van der Waals surface area contributed by atoms with E-state index in [0.717, 1.165) is 6.67 Å². The van der Waals surface area contributed by atoms with E-state index in [4.69, 9.17) is 0 Å². The number of hydrogen-bond donors (Lipinski definition) is 0. The first kappa shape index (κ1) is 7.01. The summed E-state index contributed by atoms with van der Waals surface area (Å²) in [6.45, 7) is 1.01.